The van der Waals surface area contributed by atoms with Crippen LogP contribution < -0.4 is 5.73 Å². The van der Waals surface area contributed by atoms with Crippen molar-refractivity contribution in [1.82, 2.24) is 0 Å². The largest absolute Gasteiger partial charge is 0.394 e. The zero-order chi connectivity index (χ0) is 24.6. The Balaban J connectivity index is 2.12. The Kier molecular flexibility index (Phi) is 16.8. The van der Waals surface area contributed by atoms with Gasteiger partial charge in [0, 0.05) is 6.04 Å². The molecule has 0 radical (unpaired) electrons. The lowest BCUT2D eigenvalue weighted by molar-refractivity contribution is -0.230. The predicted molar refractivity (Wildman–Crippen MR) is 129 cm³/mol. The summed E-state index contributed by atoms with van der Waals surface area (Å²) in [5.41, 5.74) is 6.04. The van der Waals surface area contributed by atoms with Gasteiger partial charge in [0.15, 0.2) is 0 Å². The summed E-state index contributed by atoms with van der Waals surface area (Å²) in [5, 5.41) is 59.7. The van der Waals surface area contributed by atoms with Crippen molar-refractivity contribution in [3.8, 4) is 0 Å². The molecule has 0 aromatic rings. The smallest absolute Gasteiger partial charge is 0.111 e. The van der Waals surface area contributed by atoms with Crippen molar-refractivity contribution >= 4 is 0 Å². The van der Waals surface area contributed by atoms with Crippen molar-refractivity contribution < 1.29 is 35.4 Å². The van der Waals surface area contributed by atoms with E-state index in [2.05, 4.69) is 6.92 Å². The van der Waals surface area contributed by atoms with Crippen molar-refractivity contribution in [2.75, 3.05) is 6.61 Å². The molecule has 0 amide bonds. The minimum atomic E-state index is -1.42. The third-order valence-corrected chi connectivity index (χ3v) is 6.96. The van der Waals surface area contributed by atoms with Crippen molar-refractivity contribution in [1.29, 1.82) is 0 Å². The molecule has 0 aromatic carbocycles. The summed E-state index contributed by atoms with van der Waals surface area (Å²) in [6.45, 7) is 1.76. The molecule has 8 heteroatoms. The Morgan fingerprint density at radius 2 is 1.18 bits per heavy atom. The monoisotopic (exact) mass is 477 g/mol. The number of aliphatic hydroxyl groups is 6. The van der Waals surface area contributed by atoms with Crippen LogP contribution >= 0.6 is 0 Å². The second-order valence-corrected chi connectivity index (χ2v) is 9.84. The number of unbranched alkanes of at least 4 members (excludes halogenated alkanes) is 11. The van der Waals surface area contributed by atoms with E-state index in [1.807, 2.05) is 0 Å². The highest BCUT2D eigenvalue weighted by atomic mass is 16.5. The molecule has 0 aliphatic carbocycles. The van der Waals surface area contributed by atoms with Gasteiger partial charge in [0.2, 0.25) is 0 Å². The minimum absolute atomic E-state index is 0.227. The molecule has 0 spiro atoms. The van der Waals surface area contributed by atoms with Crippen LogP contribution in [0.25, 0.3) is 0 Å². The van der Waals surface area contributed by atoms with Gasteiger partial charge in [-0.2, -0.15) is 0 Å². The molecular weight excluding hydrogens is 426 g/mol. The van der Waals surface area contributed by atoms with Crippen molar-refractivity contribution in [2.24, 2.45) is 5.73 Å². The molecule has 8 nitrogen and oxygen atoms in total. The van der Waals surface area contributed by atoms with Crippen LogP contribution in [0.2, 0.25) is 0 Å². The van der Waals surface area contributed by atoms with Crippen molar-refractivity contribution in [2.45, 2.75) is 152 Å². The van der Waals surface area contributed by atoms with Gasteiger partial charge in [-0.05, 0) is 19.3 Å². The first-order chi connectivity index (χ1) is 15.8. The van der Waals surface area contributed by atoms with Crippen LogP contribution in [0.5, 0.6) is 0 Å². The average Bonchev–Trinajstić information content (AvgIpc) is 2.82. The molecular formula is C25H51NO7. The molecule has 1 saturated heterocycles. The third-order valence-electron chi connectivity index (χ3n) is 6.96. The van der Waals surface area contributed by atoms with Gasteiger partial charge < -0.3 is 41.1 Å². The first kappa shape index (κ1) is 30.7. The van der Waals surface area contributed by atoms with Gasteiger partial charge in [0.1, 0.15) is 24.4 Å². The number of rotatable bonds is 19. The van der Waals surface area contributed by atoms with E-state index in [-0.39, 0.29) is 12.8 Å². The Morgan fingerprint density at radius 3 is 1.70 bits per heavy atom. The summed E-state index contributed by atoms with van der Waals surface area (Å²) in [5.74, 6) is 0. The topological polar surface area (TPSA) is 157 Å². The van der Waals surface area contributed by atoms with Crippen LogP contribution in [0.1, 0.15) is 103 Å². The fourth-order valence-electron chi connectivity index (χ4n) is 4.60. The number of aliphatic hydroxyl groups excluding tert-OH is 6. The van der Waals surface area contributed by atoms with Gasteiger partial charge in [-0.15, -0.1) is 0 Å². The summed E-state index contributed by atoms with van der Waals surface area (Å²) in [6.07, 6.45) is 7.95. The lowest BCUT2D eigenvalue weighted by atomic mass is 9.90. The summed E-state index contributed by atoms with van der Waals surface area (Å²) >= 11 is 0. The highest BCUT2D eigenvalue weighted by Crippen LogP contribution is 2.25. The van der Waals surface area contributed by atoms with Crippen molar-refractivity contribution in [3.63, 3.8) is 0 Å². The SMILES string of the molecule is CCCCCCCCCCCCCC[C@@H](O)[C@@H](O)[C@@H](N)CC[C@H]1OC(CO)[C@H](O)[C@H](O)C1O. The number of hydrogen-bond acceptors (Lipinski definition) is 8. The lowest BCUT2D eigenvalue weighted by Crippen LogP contribution is -2.58. The Labute approximate surface area is 200 Å². The summed E-state index contributed by atoms with van der Waals surface area (Å²) in [7, 11) is 0. The standard InChI is InChI=1S/C25H51NO7/c1-2-3-4-5-6-7-8-9-10-11-12-13-14-19(28)22(29)18(26)15-16-20-23(30)25(32)24(31)21(17-27)33-20/h18-25,27-32H,2-17,26H2,1H3/t18-,19+,20+,21?,22-,23?,24-,25+/m0/s1. The quantitative estimate of drug-likeness (QED) is 0.139. The maximum Gasteiger partial charge on any atom is 0.111 e. The second-order valence-electron chi connectivity index (χ2n) is 9.84. The maximum absolute atomic E-state index is 10.3. The first-order valence-electron chi connectivity index (χ1n) is 13.3. The van der Waals surface area contributed by atoms with Gasteiger partial charge in [0.25, 0.3) is 0 Å². The molecule has 2 unspecified atom stereocenters. The maximum atomic E-state index is 10.3. The average molecular weight is 478 g/mol. The molecule has 33 heavy (non-hydrogen) atoms. The van der Waals surface area contributed by atoms with Crippen LogP contribution in [0.3, 0.4) is 0 Å². The highest BCUT2D eigenvalue weighted by Gasteiger charge is 2.43. The van der Waals surface area contributed by atoms with E-state index in [4.69, 9.17) is 10.5 Å². The van der Waals surface area contributed by atoms with Crippen LogP contribution in [0.4, 0.5) is 0 Å². The zero-order valence-electron chi connectivity index (χ0n) is 20.6. The molecule has 0 aromatic heterocycles. The van der Waals surface area contributed by atoms with Gasteiger partial charge in [0.05, 0.1) is 24.9 Å². The van der Waals surface area contributed by atoms with Gasteiger partial charge in [-0.3, -0.25) is 0 Å². The van der Waals surface area contributed by atoms with Crippen LogP contribution in [-0.4, -0.2) is 86.0 Å². The van der Waals surface area contributed by atoms with E-state index in [0.29, 0.717) is 6.42 Å². The molecule has 0 bridgehead atoms. The summed E-state index contributed by atoms with van der Waals surface area (Å²) < 4.78 is 5.46. The molecule has 8 atom stereocenters. The Bertz CT molecular complexity index is 468. The molecule has 1 heterocycles. The van der Waals surface area contributed by atoms with E-state index in [0.717, 1.165) is 19.3 Å². The Morgan fingerprint density at radius 1 is 0.697 bits per heavy atom. The predicted octanol–water partition coefficient (Wildman–Crippen LogP) is 1.75. The normalized spacial score (nSPS) is 28.5. The molecule has 1 fully saturated rings. The number of hydrogen-bond donors (Lipinski definition) is 7. The third kappa shape index (κ3) is 11.8. The molecule has 8 N–H and O–H groups in total. The summed E-state index contributed by atoms with van der Waals surface area (Å²) in [4.78, 5) is 0. The Hall–Kier alpha value is -0.320. The molecule has 198 valence electrons. The van der Waals surface area contributed by atoms with Crippen LogP contribution in [0.15, 0.2) is 0 Å². The first-order valence-corrected chi connectivity index (χ1v) is 13.3. The second kappa shape index (κ2) is 18.0. The highest BCUT2D eigenvalue weighted by molar-refractivity contribution is 4.92. The summed E-state index contributed by atoms with van der Waals surface area (Å²) in [6, 6.07) is -0.704. The molecule has 0 saturated carbocycles. The van der Waals surface area contributed by atoms with Gasteiger partial charge >= 0.3 is 0 Å². The molecule has 1 rings (SSSR count). The number of ether oxygens (including phenoxy) is 1. The fourth-order valence-corrected chi connectivity index (χ4v) is 4.60. The van der Waals surface area contributed by atoms with E-state index in [1.54, 1.807) is 0 Å². The van der Waals surface area contributed by atoms with E-state index in [1.165, 1.54) is 57.8 Å². The zero-order valence-corrected chi connectivity index (χ0v) is 20.6. The van der Waals surface area contributed by atoms with Crippen molar-refractivity contribution in [3.05, 3.63) is 0 Å². The van der Waals surface area contributed by atoms with E-state index >= 15 is 0 Å². The minimum Gasteiger partial charge on any atom is -0.394 e. The van der Waals surface area contributed by atoms with Crippen LogP contribution in [-0.2, 0) is 4.74 Å². The van der Waals surface area contributed by atoms with Gasteiger partial charge in [-0.1, -0.05) is 84.0 Å². The molecule has 1 aliphatic rings. The van der Waals surface area contributed by atoms with Gasteiger partial charge in [-0.25, -0.2) is 0 Å². The molecule has 1 aliphatic heterocycles. The number of nitrogens with two attached hydrogens (primary N) is 1. The van der Waals surface area contributed by atoms with E-state index in [9.17, 15) is 30.6 Å². The van der Waals surface area contributed by atoms with E-state index < -0.39 is 55.4 Å². The van der Waals surface area contributed by atoms with Crippen LogP contribution in [0, 0.1) is 0 Å². The fraction of sp³-hybridized carbons (Fsp3) is 1.00. The lowest BCUT2D eigenvalue weighted by Gasteiger charge is -2.40.